The van der Waals surface area contributed by atoms with Crippen molar-refractivity contribution in [1.29, 1.82) is 0 Å². The highest BCUT2D eigenvalue weighted by atomic mass is 16.5. The molecule has 0 aliphatic carbocycles. The van der Waals surface area contributed by atoms with Crippen molar-refractivity contribution in [3.05, 3.63) is 47.9 Å². The second-order valence-electron chi connectivity index (χ2n) is 6.51. The SMILES string of the molecule is COc1ccc(CNC(=O)CC[C@H]2NC(=O)N(Cc3ccco3)C2=O)cc1OC. The average molecular weight is 401 g/mol. The fourth-order valence-corrected chi connectivity index (χ4v) is 3.04. The Morgan fingerprint density at radius 3 is 2.69 bits per heavy atom. The van der Waals surface area contributed by atoms with Crippen molar-refractivity contribution in [2.75, 3.05) is 14.2 Å². The molecule has 1 aliphatic rings. The van der Waals surface area contributed by atoms with Gasteiger partial charge in [0.1, 0.15) is 11.8 Å². The number of rotatable bonds is 9. The van der Waals surface area contributed by atoms with Gasteiger partial charge < -0.3 is 24.5 Å². The van der Waals surface area contributed by atoms with E-state index in [-0.39, 0.29) is 31.2 Å². The van der Waals surface area contributed by atoms with Gasteiger partial charge in [-0.1, -0.05) is 6.07 Å². The van der Waals surface area contributed by atoms with Crippen LogP contribution in [0.3, 0.4) is 0 Å². The van der Waals surface area contributed by atoms with Crippen molar-refractivity contribution < 1.29 is 28.3 Å². The summed E-state index contributed by atoms with van der Waals surface area (Å²) in [5, 5.41) is 5.41. The first kappa shape index (κ1) is 20.2. The van der Waals surface area contributed by atoms with E-state index in [1.807, 2.05) is 6.07 Å². The summed E-state index contributed by atoms with van der Waals surface area (Å²) in [6.07, 6.45) is 1.81. The number of hydrogen-bond acceptors (Lipinski definition) is 6. The van der Waals surface area contributed by atoms with Crippen molar-refractivity contribution in [2.24, 2.45) is 0 Å². The molecular formula is C20H23N3O6. The van der Waals surface area contributed by atoms with Gasteiger partial charge in [0.15, 0.2) is 11.5 Å². The topological polar surface area (TPSA) is 110 Å². The molecule has 1 aliphatic heterocycles. The molecule has 2 N–H and O–H groups in total. The van der Waals surface area contributed by atoms with Crippen molar-refractivity contribution in [3.63, 3.8) is 0 Å². The Kier molecular flexibility index (Phi) is 6.38. The van der Waals surface area contributed by atoms with Gasteiger partial charge in [-0.2, -0.15) is 0 Å². The lowest BCUT2D eigenvalue weighted by Gasteiger charge is -2.12. The highest BCUT2D eigenvalue weighted by Crippen LogP contribution is 2.27. The molecule has 1 aromatic carbocycles. The number of carbonyl (C=O) groups is 3. The Labute approximate surface area is 167 Å². The molecule has 0 saturated carbocycles. The molecule has 1 aromatic heterocycles. The van der Waals surface area contributed by atoms with Crippen LogP contribution in [0.1, 0.15) is 24.2 Å². The fraction of sp³-hybridized carbons (Fsp3) is 0.350. The zero-order valence-corrected chi connectivity index (χ0v) is 16.3. The number of imide groups is 1. The van der Waals surface area contributed by atoms with Crippen molar-refractivity contribution in [3.8, 4) is 11.5 Å². The maximum Gasteiger partial charge on any atom is 0.325 e. The van der Waals surface area contributed by atoms with Gasteiger partial charge in [0.2, 0.25) is 5.91 Å². The quantitative estimate of drug-likeness (QED) is 0.620. The van der Waals surface area contributed by atoms with E-state index in [9.17, 15) is 14.4 Å². The predicted octanol–water partition coefficient (Wildman–Crippen LogP) is 1.81. The summed E-state index contributed by atoms with van der Waals surface area (Å²) < 4.78 is 15.6. The average Bonchev–Trinajstić information content (AvgIpc) is 3.34. The lowest BCUT2D eigenvalue weighted by molar-refractivity contribution is -0.128. The molecule has 1 fully saturated rings. The van der Waals surface area contributed by atoms with Crippen LogP contribution >= 0.6 is 0 Å². The van der Waals surface area contributed by atoms with E-state index in [0.717, 1.165) is 10.5 Å². The molecule has 1 saturated heterocycles. The highest BCUT2D eigenvalue weighted by molar-refractivity contribution is 6.04. The van der Waals surface area contributed by atoms with Gasteiger partial charge in [0.25, 0.3) is 5.91 Å². The van der Waals surface area contributed by atoms with Crippen LogP contribution in [-0.4, -0.2) is 43.0 Å². The molecule has 9 nitrogen and oxygen atoms in total. The second-order valence-corrected chi connectivity index (χ2v) is 6.51. The Balaban J connectivity index is 1.47. The number of benzene rings is 1. The van der Waals surface area contributed by atoms with Crippen LogP contribution < -0.4 is 20.1 Å². The molecule has 154 valence electrons. The summed E-state index contributed by atoms with van der Waals surface area (Å²) in [6.45, 7) is 0.383. The van der Waals surface area contributed by atoms with Gasteiger partial charge >= 0.3 is 6.03 Å². The summed E-state index contributed by atoms with van der Waals surface area (Å²) in [5.41, 5.74) is 0.853. The maximum atomic E-state index is 12.4. The second kappa shape index (κ2) is 9.13. The molecule has 0 spiro atoms. The lowest BCUT2D eigenvalue weighted by Crippen LogP contribution is -2.32. The molecule has 0 bridgehead atoms. The molecule has 1 atom stereocenters. The Bertz CT molecular complexity index is 880. The van der Waals surface area contributed by atoms with Crippen LogP contribution in [0, 0.1) is 0 Å². The number of methoxy groups -OCH3 is 2. The maximum absolute atomic E-state index is 12.4. The molecular weight excluding hydrogens is 378 g/mol. The minimum Gasteiger partial charge on any atom is -0.493 e. The van der Waals surface area contributed by atoms with E-state index in [0.29, 0.717) is 23.8 Å². The highest BCUT2D eigenvalue weighted by Gasteiger charge is 2.38. The number of carbonyl (C=O) groups excluding carboxylic acids is 3. The minimum absolute atomic E-state index is 0.0691. The number of nitrogens with zero attached hydrogens (tertiary/aromatic N) is 1. The van der Waals surface area contributed by atoms with Crippen LogP contribution in [0.4, 0.5) is 4.79 Å². The largest absolute Gasteiger partial charge is 0.493 e. The third kappa shape index (κ3) is 4.87. The van der Waals surface area contributed by atoms with Crippen LogP contribution in [0.5, 0.6) is 11.5 Å². The molecule has 3 rings (SSSR count). The Morgan fingerprint density at radius 2 is 2.00 bits per heavy atom. The normalized spacial score (nSPS) is 15.9. The molecule has 0 radical (unpaired) electrons. The van der Waals surface area contributed by atoms with Gasteiger partial charge in [0.05, 0.1) is 27.0 Å². The first-order chi connectivity index (χ1) is 14.0. The van der Waals surface area contributed by atoms with E-state index in [1.54, 1.807) is 38.5 Å². The summed E-state index contributed by atoms with van der Waals surface area (Å²) in [7, 11) is 3.10. The molecule has 4 amide bonds. The molecule has 29 heavy (non-hydrogen) atoms. The van der Waals surface area contributed by atoms with E-state index >= 15 is 0 Å². The predicted molar refractivity (Wildman–Crippen MR) is 102 cm³/mol. The van der Waals surface area contributed by atoms with Crippen LogP contribution in [0.2, 0.25) is 0 Å². The van der Waals surface area contributed by atoms with Crippen LogP contribution in [0.15, 0.2) is 41.0 Å². The summed E-state index contributed by atoms with van der Waals surface area (Å²) >= 11 is 0. The number of nitrogens with one attached hydrogen (secondary N) is 2. The third-order valence-electron chi connectivity index (χ3n) is 4.60. The lowest BCUT2D eigenvalue weighted by atomic mass is 10.1. The molecule has 2 aromatic rings. The van der Waals surface area contributed by atoms with Crippen molar-refractivity contribution in [1.82, 2.24) is 15.5 Å². The molecule has 0 unspecified atom stereocenters. The number of ether oxygens (including phenoxy) is 2. The summed E-state index contributed by atoms with van der Waals surface area (Å²) in [5.74, 6) is 1.12. The summed E-state index contributed by atoms with van der Waals surface area (Å²) in [6, 6.07) is 7.55. The number of hydrogen-bond donors (Lipinski definition) is 2. The van der Waals surface area contributed by atoms with E-state index < -0.39 is 12.1 Å². The van der Waals surface area contributed by atoms with Crippen molar-refractivity contribution in [2.45, 2.75) is 32.0 Å². The van der Waals surface area contributed by atoms with Gasteiger partial charge in [-0.3, -0.25) is 14.5 Å². The standard InChI is InChI=1S/C20H23N3O6/c1-27-16-7-5-13(10-17(16)28-2)11-21-18(24)8-6-15-19(25)23(20(26)22-15)12-14-4-3-9-29-14/h3-5,7,9-10,15H,6,8,11-12H2,1-2H3,(H,21,24)(H,22,26)/t15-/m1/s1. The van der Waals surface area contributed by atoms with Gasteiger partial charge in [0, 0.05) is 13.0 Å². The molecule has 9 heteroatoms. The fourth-order valence-electron chi connectivity index (χ4n) is 3.04. The van der Waals surface area contributed by atoms with Crippen LogP contribution in [0.25, 0.3) is 0 Å². The van der Waals surface area contributed by atoms with Gasteiger partial charge in [-0.15, -0.1) is 0 Å². The van der Waals surface area contributed by atoms with Crippen molar-refractivity contribution >= 4 is 17.8 Å². The molecule has 2 heterocycles. The van der Waals surface area contributed by atoms with E-state index in [4.69, 9.17) is 13.9 Å². The zero-order chi connectivity index (χ0) is 20.8. The first-order valence-corrected chi connectivity index (χ1v) is 9.13. The Morgan fingerprint density at radius 1 is 1.21 bits per heavy atom. The first-order valence-electron chi connectivity index (χ1n) is 9.13. The summed E-state index contributed by atoms with van der Waals surface area (Å²) in [4.78, 5) is 37.7. The van der Waals surface area contributed by atoms with E-state index in [1.165, 1.54) is 6.26 Å². The smallest absolute Gasteiger partial charge is 0.325 e. The third-order valence-corrected chi connectivity index (χ3v) is 4.60. The number of furan rings is 1. The number of amides is 4. The number of urea groups is 1. The van der Waals surface area contributed by atoms with Gasteiger partial charge in [-0.05, 0) is 36.2 Å². The minimum atomic E-state index is -0.718. The van der Waals surface area contributed by atoms with Crippen LogP contribution in [-0.2, 0) is 22.7 Å². The van der Waals surface area contributed by atoms with E-state index in [2.05, 4.69) is 10.6 Å². The van der Waals surface area contributed by atoms with Gasteiger partial charge in [-0.25, -0.2) is 4.79 Å². The zero-order valence-electron chi connectivity index (χ0n) is 16.3. The monoisotopic (exact) mass is 401 g/mol. The Hall–Kier alpha value is -3.49.